The van der Waals surface area contributed by atoms with Crippen LogP contribution in [-0.2, 0) is 4.79 Å². The van der Waals surface area contributed by atoms with E-state index in [4.69, 9.17) is 16.3 Å². The second kappa shape index (κ2) is 4.76. The maximum atomic E-state index is 11.0. The number of pyridine rings is 1. The number of carbonyl (C=O) groups excluding carboxylic acids is 1. The van der Waals surface area contributed by atoms with Gasteiger partial charge in [-0.15, -0.1) is 0 Å². The van der Waals surface area contributed by atoms with Crippen LogP contribution >= 0.6 is 11.6 Å². The summed E-state index contributed by atoms with van der Waals surface area (Å²) in [5.74, 6) is 1.15. The number of nitrogens with zero attached hydrogens (tertiary/aromatic N) is 2. The predicted molar refractivity (Wildman–Crippen MR) is 67.6 cm³/mol. The van der Waals surface area contributed by atoms with Gasteiger partial charge in [0.05, 0.1) is 11.1 Å². The van der Waals surface area contributed by atoms with Crippen LogP contribution in [0.2, 0.25) is 5.02 Å². The van der Waals surface area contributed by atoms with Crippen LogP contribution in [-0.4, -0.2) is 35.0 Å². The second-order valence-electron chi connectivity index (χ2n) is 5.02. The lowest BCUT2D eigenvalue weighted by molar-refractivity contribution is -0.130. The number of piperidine rings is 2. The van der Waals surface area contributed by atoms with Crippen molar-refractivity contribution < 1.29 is 9.53 Å². The van der Waals surface area contributed by atoms with Crippen LogP contribution in [0.15, 0.2) is 18.3 Å². The molecule has 2 bridgehead atoms. The van der Waals surface area contributed by atoms with Crippen LogP contribution in [0.4, 0.5) is 0 Å². The topological polar surface area (TPSA) is 42.4 Å². The summed E-state index contributed by atoms with van der Waals surface area (Å²) in [6.45, 7) is 0.877. The number of rotatable bonds is 3. The summed E-state index contributed by atoms with van der Waals surface area (Å²) in [7, 11) is 0. The molecule has 1 amide bonds. The number of fused-ring (bicyclic) bond motifs is 3. The molecule has 1 saturated carbocycles. The number of hydrogen-bond donors (Lipinski definition) is 0. The van der Waals surface area contributed by atoms with Gasteiger partial charge in [0.1, 0.15) is 6.10 Å². The Morgan fingerprint density at radius 2 is 2.33 bits per heavy atom. The minimum atomic E-state index is 0.0661. The molecule has 0 aromatic carbocycles. The van der Waals surface area contributed by atoms with E-state index in [1.54, 1.807) is 18.3 Å². The van der Waals surface area contributed by atoms with Crippen molar-refractivity contribution >= 4 is 18.0 Å². The van der Waals surface area contributed by atoms with E-state index in [-0.39, 0.29) is 12.1 Å². The Morgan fingerprint density at radius 1 is 1.44 bits per heavy atom. The molecule has 0 N–H and O–H groups in total. The predicted octanol–water partition coefficient (Wildman–Crippen LogP) is 2.12. The van der Waals surface area contributed by atoms with Crippen molar-refractivity contribution in [2.24, 2.45) is 5.92 Å². The molecule has 1 aliphatic carbocycles. The molecule has 4 rings (SSSR count). The number of amides is 1. The molecule has 1 aromatic heterocycles. The maximum Gasteiger partial charge on any atom is 0.213 e. The zero-order valence-corrected chi connectivity index (χ0v) is 10.7. The van der Waals surface area contributed by atoms with Gasteiger partial charge in [-0.05, 0) is 31.2 Å². The fourth-order valence-electron chi connectivity index (χ4n) is 3.01. The largest absolute Gasteiger partial charge is 0.472 e. The molecule has 0 radical (unpaired) electrons. The zero-order chi connectivity index (χ0) is 12.5. The minimum absolute atomic E-state index is 0.0661. The van der Waals surface area contributed by atoms with Crippen molar-refractivity contribution in [1.29, 1.82) is 0 Å². The standard InChI is InChI=1S/C13H15ClN2O2/c14-10-2-4-13(15-6-10)18-12-5-9-1-3-11(12)16(7-9)8-17/h2,4,6,8-9,11-12H,1,3,5,7H2/t9-,11+,12-/m1/s1. The highest BCUT2D eigenvalue weighted by molar-refractivity contribution is 6.30. The van der Waals surface area contributed by atoms with Gasteiger partial charge in [0.25, 0.3) is 0 Å². The van der Waals surface area contributed by atoms with E-state index in [9.17, 15) is 4.79 Å². The van der Waals surface area contributed by atoms with Gasteiger partial charge in [-0.25, -0.2) is 4.98 Å². The summed E-state index contributed by atoms with van der Waals surface area (Å²) >= 11 is 5.79. The number of ether oxygens (including phenoxy) is 1. The molecule has 96 valence electrons. The number of carbonyl (C=O) groups is 1. The van der Waals surface area contributed by atoms with Crippen LogP contribution in [0.3, 0.4) is 0 Å². The van der Waals surface area contributed by atoms with Gasteiger partial charge in [-0.1, -0.05) is 11.6 Å². The first-order valence-corrected chi connectivity index (χ1v) is 6.63. The SMILES string of the molecule is O=CN1C[C@@H]2CC[C@H]1[C@H](Oc1ccc(Cl)cn1)C2. The van der Waals surface area contributed by atoms with E-state index >= 15 is 0 Å². The average Bonchev–Trinajstić information content (AvgIpc) is 2.42. The van der Waals surface area contributed by atoms with Crippen molar-refractivity contribution in [3.8, 4) is 5.88 Å². The lowest BCUT2D eigenvalue weighted by Gasteiger charge is -2.47. The first kappa shape index (κ1) is 11.8. The molecule has 3 heterocycles. The third-order valence-corrected chi connectivity index (χ3v) is 4.09. The molecular weight excluding hydrogens is 252 g/mol. The second-order valence-corrected chi connectivity index (χ2v) is 5.46. The number of halogens is 1. The lowest BCUT2D eigenvalue weighted by Crippen LogP contribution is -2.56. The van der Waals surface area contributed by atoms with Crippen LogP contribution in [0, 0.1) is 5.92 Å². The van der Waals surface area contributed by atoms with E-state index in [0.717, 1.165) is 25.8 Å². The normalized spacial score (nSPS) is 30.3. The molecule has 18 heavy (non-hydrogen) atoms. The van der Waals surface area contributed by atoms with E-state index in [2.05, 4.69) is 4.98 Å². The third kappa shape index (κ3) is 2.17. The molecule has 0 unspecified atom stereocenters. The summed E-state index contributed by atoms with van der Waals surface area (Å²) in [6, 6.07) is 3.74. The highest BCUT2D eigenvalue weighted by atomic mass is 35.5. The smallest absolute Gasteiger partial charge is 0.213 e. The van der Waals surface area contributed by atoms with Crippen molar-refractivity contribution in [3.05, 3.63) is 23.4 Å². The summed E-state index contributed by atoms with van der Waals surface area (Å²) < 4.78 is 5.91. The van der Waals surface area contributed by atoms with Crippen molar-refractivity contribution in [2.45, 2.75) is 31.4 Å². The van der Waals surface area contributed by atoms with Gasteiger partial charge < -0.3 is 9.64 Å². The van der Waals surface area contributed by atoms with Crippen molar-refractivity contribution in [3.63, 3.8) is 0 Å². The fourth-order valence-corrected chi connectivity index (χ4v) is 3.12. The number of hydrogen-bond acceptors (Lipinski definition) is 3. The van der Waals surface area contributed by atoms with Crippen molar-refractivity contribution in [2.75, 3.05) is 6.54 Å². The van der Waals surface area contributed by atoms with Crippen LogP contribution < -0.4 is 4.74 Å². The van der Waals surface area contributed by atoms with Crippen LogP contribution in [0.1, 0.15) is 19.3 Å². The average molecular weight is 267 g/mol. The van der Waals surface area contributed by atoms with E-state index in [0.29, 0.717) is 16.8 Å². The van der Waals surface area contributed by atoms with Crippen molar-refractivity contribution in [1.82, 2.24) is 9.88 Å². The molecule has 3 aliphatic rings. The Hall–Kier alpha value is -1.29. The first-order chi connectivity index (χ1) is 8.76. The Bertz CT molecular complexity index is 437. The van der Waals surface area contributed by atoms with E-state index in [1.165, 1.54) is 6.42 Å². The van der Waals surface area contributed by atoms with Gasteiger partial charge in [0.2, 0.25) is 12.3 Å². The molecule has 3 fully saturated rings. The molecule has 4 nitrogen and oxygen atoms in total. The van der Waals surface area contributed by atoms with Crippen LogP contribution in [0.25, 0.3) is 0 Å². The monoisotopic (exact) mass is 266 g/mol. The van der Waals surface area contributed by atoms with E-state index in [1.807, 2.05) is 4.90 Å². The Balaban J connectivity index is 1.73. The Morgan fingerprint density at radius 3 is 3.00 bits per heavy atom. The molecule has 2 saturated heterocycles. The fraction of sp³-hybridized carbons (Fsp3) is 0.538. The van der Waals surface area contributed by atoms with Gasteiger partial charge in [-0.3, -0.25) is 4.79 Å². The Kier molecular flexibility index (Phi) is 3.12. The zero-order valence-electron chi connectivity index (χ0n) is 9.96. The molecular formula is C13H15ClN2O2. The molecule has 1 aromatic rings. The summed E-state index contributed by atoms with van der Waals surface area (Å²) in [5, 5.41) is 0.599. The Labute approximate surface area is 111 Å². The minimum Gasteiger partial charge on any atom is -0.472 e. The molecule has 2 aliphatic heterocycles. The summed E-state index contributed by atoms with van der Waals surface area (Å²) in [5.41, 5.74) is 0. The van der Waals surface area contributed by atoms with Gasteiger partial charge in [0, 0.05) is 18.8 Å². The lowest BCUT2D eigenvalue weighted by atomic mass is 9.78. The molecule has 3 atom stereocenters. The molecule has 5 heteroatoms. The number of aromatic nitrogens is 1. The highest BCUT2D eigenvalue weighted by Crippen LogP contribution is 2.36. The highest BCUT2D eigenvalue weighted by Gasteiger charge is 2.41. The quantitative estimate of drug-likeness (QED) is 0.787. The van der Waals surface area contributed by atoms with Crippen LogP contribution in [0.5, 0.6) is 5.88 Å². The van der Waals surface area contributed by atoms with Gasteiger partial charge in [-0.2, -0.15) is 0 Å². The first-order valence-electron chi connectivity index (χ1n) is 6.25. The van der Waals surface area contributed by atoms with Gasteiger partial charge in [0.15, 0.2) is 0 Å². The third-order valence-electron chi connectivity index (χ3n) is 3.87. The summed E-state index contributed by atoms with van der Waals surface area (Å²) in [6.07, 6.45) is 5.83. The van der Waals surface area contributed by atoms with E-state index < -0.39 is 0 Å². The van der Waals surface area contributed by atoms with Gasteiger partial charge >= 0.3 is 0 Å². The summed E-state index contributed by atoms with van der Waals surface area (Å²) in [4.78, 5) is 17.0. The molecule has 0 spiro atoms. The maximum absolute atomic E-state index is 11.0.